The molecule has 0 atom stereocenters. The lowest BCUT2D eigenvalue weighted by molar-refractivity contribution is 0.0777. The molecular weight excluding hydrogens is 342 g/mol. The first-order chi connectivity index (χ1) is 12.0. The van der Waals surface area contributed by atoms with Crippen LogP contribution in [-0.4, -0.2) is 42.0 Å². The molecule has 1 amide bonds. The van der Waals surface area contributed by atoms with Crippen LogP contribution < -0.4 is 15.0 Å². The molecule has 1 N–H and O–H groups in total. The number of nitrogens with one attached hydrogen (secondary N) is 1. The summed E-state index contributed by atoms with van der Waals surface area (Å²) in [5.74, 6) is 1.02. The number of ether oxygens (including phenoxy) is 2. The van der Waals surface area contributed by atoms with Crippen LogP contribution in [-0.2, 0) is 6.54 Å². The summed E-state index contributed by atoms with van der Waals surface area (Å²) in [5.41, 5.74) is 0.807. The number of benzene rings is 1. The van der Waals surface area contributed by atoms with E-state index in [4.69, 9.17) is 9.47 Å². The van der Waals surface area contributed by atoms with Crippen molar-refractivity contribution in [3.63, 3.8) is 0 Å². The molecule has 0 bridgehead atoms. The number of hydrogen-bond donors (Lipinski definition) is 1. The maximum Gasteiger partial charge on any atom is 0.268 e. The lowest BCUT2D eigenvalue weighted by atomic mass is 10.1. The molecular formula is C17H17N3O4S. The molecule has 0 unspecified atom stereocenters. The SMILES string of the molecule is COc1cccc(C(=O)N(C)Cc2nc3ccsc3c(=O)[nH]2)c1OC. The number of para-hydroxylation sites is 1. The summed E-state index contributed by atoms with van der Waals surface area (Å²) >= 11 is 1.34. The van der Waals surface area contributed by atoms with Crippen LogP contribution in [0.25, 0.3) is 10.2 Å². The summed E-state index contributed by atoms with van der Waals surface area (Å²) in [6.07, 6.45) is 0. The third-order valence-electron chi connectivity index (χ3n) is 3.73. The second-order valence-corrected chi connectivity index (χ2v) is 6.27. The molecule has 0 aliphatic heterocycles. The number of amides is 1. The van der Waals surface area contributed by atoms with E-state index in [9.17, 15) is 9.59 Å². The van der Waals surface area contributed by atoms with E-state index in [0.29, 0.717) is 33.1 Å². The largest absolute Gasteiger partial charge is 0.493 e. The Morgan fingerprint density at radius 3 is 2.80 bits per heavy atom. The van der Waals surface area contributed by atoms with E-state index in [-0.39, 0.29) is 18.0 Å². The third kappa shape index (κ3) is 3.20. The lowest BCUT2D eigenvalue weighted by Gasteiger charge is -2.19. The quantitative estimate of drug-likeness (QED) is 0.755. The number of aromatic nitrogens is 2. The first-order valence-electron chi connectivity index (χ1n) is 7.48. The van der Waals surface area contributed by atoms with Gasteiger partial charge in [-0.1, -0.05) is 6.07 Å². The van der Waals surface area contributed by atoms with Gasteiger partial charge in [0, 0.05) is 7.05 Å². The molecule has 8 heteroatoms. The van der Waals surface area contributed by atoms with Crippen LogP contribution in [0.5, 0.6) is 11.5 Å². The molecule has 0 saturated carbocycles. The van der Waals surface area contributed by atoms with Crippen LogP contribution in [0, 0.1) is 0 Å². The summed E-state index contributed by atoms with van der Waals surface area (Å²) in [5, 5.41) is 1.81. The fourth-order valence-corrected chi connectivity index (χ4v) is 3.28. The molecule has 130 valence electrons. The van der Waals surface area contributed by atoms with Crippen molar-refractivity contribution in [2.45, 2.75) is 6.54 Å². The molecule has 3 aromatic rings. The van der Waals surface area contributed by atoms with E-state index in [1.54, 1.807) is 31.3 Å². The average molecular weight is 359 g/mol. The van der Waals surface area contributed by atoms with Gasteiger partial charge < -0.3 is 19.4 Å². The number of aromatic amines is 1. The Labute approximate surface area is 147 Å². The van der Waals surface area contributed by atoms with E-state index in [0.717, 1.165) is 0 Å². The van der Waals surface area contributed by atoms with Gasteiger partial charge in [-0.25, -0.2) is 4.98 Å². The molecule has 0 radical (unpaired) electrons. The Balaban J connectivity index is 1.89. The van der Waals surface area contributed by atoms with Gasteiger partial charge in [0.05, 0.1) is 31.8 Å². The first-order valence-corrected chi connectivity index (χ1v) is 8.36. The molecule has 2 heterocycles. The minimum absolute atomic E-state index is 0.167. The van der Waals surface area contributed by atoms with Gasteiger partial charge in [-0.3, -0.25) is 9.59 Å². The number of hydrogen-bond acceptors (Lipinski definition) is 6. The van der Waals surface area contributed by atoms with Crippen molar-refractivity contribution in [1.82, 2.24) is 14.9 Å². The van der Waals surface area contributed by atoms with Gasteiger partial charge >= 0.3 is 0 Å². The normalized spacial score (nSPS) is 10.7. The van der Waals surface area contributed by atoms with Gasteiger partial charge in [-0.2, -0.15) is 0 Å². The van der Waals surface area contributed by atoms with E-state index in [1.807, 2.05) is 5.38 Å². The maximum atomic E-state index is 12.8. The zero-order valence-electron chi connectivity index (χ0n) is 14.0. The van der Waals surface area contributed by atoms with Crippen molar-refractivity contribution in [1.29, 1.82) is 0 Å². The highest BCUT2D eigenvalue weighted by Crippen LogP contribution is 2.31. The van der Waals surface area contributed by atoms with Gasteiger partial charge in [0.25, 0.3) is 11.5 Å². The van der Waals surface area contributed by atoms with Crippen LogP contribution >= 0.6 is 11.3 Å². The number of fused-ring (bicyclic) bond motifs is 1. The van der Waals surface area contributed by atoms with Gasteiger partial charge in [0.15, 0.2) is 11.5 Å². The molecule has 25 heavy (non-hydrogen) atoms. The van der Waals surface area contributed by atoms with Crippen molar-refractivity contribution in [2.24, 2.45) is 0 Å². The lowest BCUT2D eigenvalue weighted by Crippen LogP contribution is -2.28. The second kappa shape index (κ2) is 6.94. The smallest absolute Gasteiger partial charge is 0.268 e. The van der Waals surface area contributed by atoms with Crippen LogP contribution in [0.4, 0.5) is 0 Å². The van der Waals surface area contributed by atoms with Crippen molar-refractivity contribution in [3.8, 4) is 11.5 Å². The van der Waals surface area contributed by atoms with Crippen LogP contribution in [0.15, 0.2) is 34.4 Å². The summed E-state index contributed by atoms with van der Waals surface area (Å²) in [6, 6.07) is 6.89. The molecule has 0 aliphatic rings. The predicted molar refractivity (Wildman–Crippen MR) is 95.6 cm³/mol. The molecule has 0 fully saturated rings. The van der Waals surface area contributed by atoms with Crippen LogP contribution in [0.2, 0.25) is 0 Å². The number of methoxy groups -OCH3 is 2. The van der Waals surface area contributed by atoms with E-state index < -0.39 is 0 Å². The van der Waals surface area contributed by atoms with Gasteiger partial charge in [0.1, 0.15) is 10.5 Å². The van der Waals surface area contributed by atoms with Crippen molar-refractivity contribution >= 4 is 27.5 Å². The number of carbonyl (C=O) groups is 1. The molecule has 0 saturated heterocycles. The second-order valence-electron chi connectivity index (χ2n) is 5.35. The molecule has 1 aromatic carbocycles. The fourth-order valence-electron chi connectivity index (χ4n) is 2.55. The highest BCUT2D eigenvalue weighted by Gasteiger charge is 2.20. The highest BCUT2D eigenvalue weighted by molar-refractivity contribution is 7.17. The van der Waals surface area contributed by atoms with Gasteiger partial charge in [-0.05, 0) is 23.6 Å². The van der Waals surface area contributed by atoms with Gasteiger partial charge in [-0.15, -0.1) is 11.3 Å². The number of carbonyl (C=O) groups excluding carboxylic acids is 1. The zero-order valence-corrected chi connectivity index (χ0v) is 14.8. The third-order valence-corrected chi connectivity index (χ3v) is 4.63. The summed E-state index contributed by atoms with van der Waals surface area (Å²) in [6.45, 7) is 0.167. The number of thiophene rings is 1. The fraction of sp³-hybridized carbons (Fsp3) is 0.235. The van der Waals surface area contributed by atoms with Crippen molar-refractivity contribution < 1.29 is 14.3 Å². The van der Waals surface area contributed by atoms with Crippen LogP contribution in [0.3, 0.4) is 0 Å². The Kier molecular flexibility index (Phi) is 4.71. The Morgan fingerprint density at radius 2 is 2.08 bits per heavy atom. The predicted octanol–water partition coefficient (Wildman–Crippen LogP) is 2.27. The van der Waals surface area contributed by atoms with Gasteiger partial charge in [0.2, 0.25) is 0 Å². The van der Waals surface area contributed by atoms with Crippen LogP contribution in [0.1, 0.15) is 16.2 Å². The van der Waals surface area contributed by atoms with E-state index >= 15 is 0 Å². The summed E-state index contributed by atoms with van der Waals surface area (Å²) in [7, 11) is 4.64. The standard InChI is InChI=1S/C17H17N3O4S/c1-20(9-13-18-11-7-8-25-15(11)16(21)19-13)17(22)10-5-4-6-12(23-2)14(10)24-3/h4-8H,9H2,1-3H3,(H,18,19,21). The average Bonchev–Trinajstić information content (AvgIpc) is 3.09. The maximum absolute atomic E-state index is 12.8. The molecule has 2 aromatic heterocycles. The zero-order chi connectivity index (χ0) is 18.0. The molecule has 7 nitrogen and oxygen atoms in total. The Morgan fingerprint density at radius 1 is 1.28 bits per heavy atom. The number of rotatable bonds is 5. The topological polar surface area (TPSA) is 84.5 Å². The monoisotopic (exact) mass is 359 g/mol. The summed E-state index contributed by atoms with van der Waals surface area (Å²) in [4.78, 5) is 33.4. The number of H-pyrrole nitrogens is 1. The highest BCUT2D eigenvalue weighted by atomic mass is 32.1. The minimum atomic E-state index is -0.260. The molecule has 0 spiro atoms. The molecule has 3 rings (SSSR count). The molecule has 0 aliphatic carbocycles. The summed E-state index contributed by atoms with van der Waals surface area (Å²) < 4.78 is 11.1. The first kappa shape index (κ1) is 17.0. The Hall–Kier alpha value is -2.87. The Bertz CT molecular complexity index is 979. The number of nitrogens with zero attached hydrogens (tertiary/aromatic N) is 2. The minimum Gasteiger partial charge on any atom is -0.493 e. The van der Waals surface area contributed by atoms with E-state index in [1.165, 1.54) is 30.5 Å². The van der Waals surface area contributed by atoms with Crippen molar-refractivity contribution in [2.75, 3.05) is 21.3 Å². The van der Waals surface area contributed by atoms with Crippen molar-refractivity contribution in [3.05, 3.63) is 51.4 Å². The van der Waals surface area contributed by atoms with E-state index in [2.05, 4.69) is 9.97 Å².